The topological polar surface area (TPSA) is 20.3 Å². The summed E-state index contributed by atoms with van der Waals surface area (Å²) in [4.78, 5) is 10.9. The van der Waals surface area contributed by atoms with Crippen molar-refractivity contribution >= 4 is 6.41 Å². The Morgan fingerprint density at radius 2 is 1.67 bits per heavy atom. The molecule has 0 fully saturated rings. The zero-order valence-corrected chi connectivity index (χ0v) is 6.02. The van der Waals surface area contributed by atoms with E-state index >= 15 is 0 Å². The van der Waals surface area contributed by atoms with E-state index in [2.05, 4.69) is 0 Å². The summed E-state index contributed by atoms with van der Waals surface area (Å²) in [6.07, 6.45) is 0.750. The van der Waals surface area contributed by atoms with Gasteiger partial charge in [-0.1, -0.05) is 0 Å². The van der Waals surface area contributed by atoms with E-state index in [4.69, 9.17) is 0 Å². The average Bonchev–Trinajstić information content (AvgIpc) is 1.38. The number of hydrogen-bond acceptors (Lipinski definition) is 1. The standard InChI is InChI=1S/C3H7NO.Pt/c1-4(2)3-5;/h3H,1-2H3;. The Balaban J connectivity index is 0. The Bertz CT molecular complexity index is 37.8. The maximum Gasteiger partial charge on any atom is 0.209 e. The molecule has 6 heavy (non-hydrogen) atoms. The summed E-state index contributed by atoms with van der Waals surface area (Å²) in [6, 6.07) is 0. The molecule has 0 N–H and O–H groups in total. The predicted molar refractivity (Wildman–Crippen MR) is 19.8 cm³/mol. The second kappa shape index (κ2) is 5.16. The summed E-state index contributed by atoms with van der Waals surface area (Å²) >= 11 is 0. The van der Waals surface area contributed by atoms with Crippen molar-refractivity contribution < 1.29 is 25.9 Å². The molecule has 0 heterocycles. The van der Waals surface area contributed by atoms with Crippen molar-refractivity contribution in [3.63, 3.8) is 0 Å². The van der Waals surface area contributed by atoms with Crippen LogP contribution in [0, 0.1) is 0 Å². The zero-order chi connectivity index (χ0) is 4.28. The Labute approximate surface area is 51.8 Å². The van der Waals surface area contributed by atoms with Crippen LogP contribution in [0.1, 0.15) is 0 Å². The molecule has 0 rings (SSSR count). The normalized spacial score (nSPS) is 5.67. The molecule has 0 radical (unpaired) electrons. The van der Waals surface area contributed by atoms with E-state index < -0.39 is 0 Å². The van der Waals surface area contributed by atoms with Gasteiger partial charge in [0, 0.05) is 35.2 Å². The van der Waals surface area contributed by atoms with E-state index in [-0.39, 0.29) is 21.1 Å². The second-order valence-electron chi connectivity index (χ2n) is 1.07. The molecule has 0 aliphatic heterocycles. The molecule has 0 aromatic rings. The fraction of sp³-hybridized carbons (Fsp3) is 0.667. The molecule has 0 atom stereocenters. The third kappa shape index (κ3) is 8.90. The van der Waals surface area contributed by atoms with Gasteiger partial charge in [0.1, 0.15) is 0 Å². The van der Waals surface area contributed by atoms with Gasteiger partial charge in [-0.05, 0) is 0 Å². The summed E-state index contributed by atoms with van der Waals surface area (Å²) in [5.41, 5.74) is 0. The monoisotopic (exact) mass is 268 g/mol. The molecule has 40 valence electrons. The first kappa shape index (κ1) is 9.48. The first-order valence-corrected chi connectivity index (χ1v) is 1.39. The van der Waals surface area contributed by atoms with Gasteiger partial charge in [0.05, 0.1) is 0 Å². The van der Waals surface area contributed by atoms with Crippen LogP contribution in [0.2, 0.25) is 0 Å². The third-order valence-corrected chi connectivity index (χ3v) is 0.211. The molecule has 1 amide bonds. The molecule has 3 heteroatoms. The van der Waals surface area contributed by atoms with Crippen molar-refractivity contribution in [2.75, 3.05) is 14.1 Å². The van der Waals surface area contributed by atoms with E-state index in [1.54, 1.807) is 14.1 Å². The summed E-state index contributed by atoms with van der Waals surface area (Å²) in [5, 5.41) is 0. The number of carbonyl (C=O) groups is 1. The molecule has 2 nitrogen and oxygen atoms in total. The van der Waals surface area contributed by atoms with Crippen LogP contribution >= 0.6 is 0 Å². The van der Waals surface area contributed by atoms with Gasteiger partial charge in [0.15, 0.2) is 0 Å². The van der Waals surface area contributed by atoms with E-state index in [1.165, 1.54) is 4.90 Å². The molecule has 0 saturated carbocycles. The zero-order valence-electron chi connectivity index (χ0n) is 3.75. The van der Waals surface area contributed by atoms with Gasteiger partial charge < -0.3 is 4.90 Å². The summed E-state index contributed by atoms with van der Waals surface area (Å²) in [6.45, 7) is 0. The van der Waals surface area contributed by atoms with Gasteiger partial charge in [-0.15, -0.1) is 0 Å². The summed E-state index contributed by atoms with van der Waals surface area (Å²) < 4.78 is 0. The van der Waals surface area contributed by atoms with Crippen molar-refractivity contribution in [3.8, 4) is 0 Å². The molecule has 0 aromatic heterocycles. The fourth-order valence-electron chi connectivity index (χ4n) is 0. The van der Waals surface area contributed by atoms with Gasteiger partial charge in [0.2, 0.25) is 6.41 Å². The van der Waals surface area contributed by atoms with E-state index in [9.17, 15) is 4.79 Å². The van der Waals surface area contributed by atoms with Gasteiger partial charge >= 0.3 is 0 Å². The van der Waals surface area contributed by atoms with Crippen LogP contribution in [-0.2, 0) is 25.9 Å². The van der Waals surface area contributed by atoms with E-state index in [1.807, 2.05) is 0 Å². The number of carbonyl (C=O) groups excluding carboxylic acids is 1. The Morgan fingerprint density at radius 1 is 1.50 bits per heavy atom. The van der Waals surface area contributed by atoms with Gasteiger partial charge in [-0.3, -0.25) is 4.79 Å². The fourth-order valence-corrected chi connectivity index (χ4v) is 0. The van der Waals surface area contributed by atoms with Gasteiger partial charge in [0.25, 0.3) is 0 Å². The molecule has 0 saturated heterocycles. The van der Waals surface area contributed by atoms with Crippen LogP contribution in [0.5, 0.6) is 0 Å². The number of hydrogen-bond donors (Lipinski definition) is 0. The second-order valence-corrected chi connectivity index (χ2v) is 1.07. The molecule has 0 spiro atoms. The van der Waals surface area contributed by atoms with Crippen LogP contribution in [0.4, 0.5) is 0 Å². The minimum Gasteiger partial charge on any atom is -0.351 e. The summed E-state index contributed by atoms with van der Waals surface area (Å²) in [7, 11) is 3.38. The Hall–Kier alpha value is 0.158. The average molecular weight is 268 g/mol. The molecule has 0 aliphatic rings. The van der Waals surface area contributed by atoms with E-state index in [0.717, 1.165) is 6.41 Å². The maximum absolute atomic E-state index is 9.43. The largest absolute Gasteiger partial charge is 0.351 e. The van der Waals surface area contributed by atoms with Crippen LogP contribution < -0.4 is 0 Å². The molecule has 0 aliphatic carbocycles. The Kier molecular flexibility index (Phi) is 8.15. The van der Waals surface area contributed by atoms with Crippen molar-refractivity contribution in [3.05, 3.63) is 0 Å². The van der Waals surface area contributed by atoms with E-state index in [0.29, 0.717) is 0 Å². The van der Waals surface area contributed by atoms with Crippen LogP contribution in [0.25, 0.3) is 0 Å². The predicted octanol–water partition coefficient (Wildman–Crippen LogP) is -0.298. The number of amides is 1. The van der Waals surface area contributed by atoms with Crippen LogP contribution in [-0.4, -0.2) is 25.4 Å². The maximum atomic E-state index is 9.43. The van der Waals surface area contributed by atoms with Crippen molar-refractivity contribution in [1.82, 2.24) is 4.90 Å². The van der Waals surface area contributed by atoms with Crippen LogP contribution in [0.3, 0.4) is 0 Å². The Morgan fingerprint density at radius 3 is 1.67 bits per heavy atom. The molecule has 0 bridgehead atoms. The first-order chi connectivity index (χ1) is 2.27. The minimum atomic E-state index is 0. The smallest absolute Gasteiger partial charge is 0.209 e. The number of rotatable bonds is 1. The summed E-state index contributed by atoms with van der Waals surface area (Å²) in [5.74, 6) is 0. The van der Waals surface area contributed by atoms with Crippen LogP contribution in [0.15, 0.2) is 0 Å². The van der Waals surface area contributed by atoms with Crippen molar-refractivity contribution in [1.29, 1.82) is 0 Å². The number of nitrogens with zero attached hydrogens (tertiary/aromatic N) is 1. The quantitative estimate of drug-likeness (QED) is 0.598. The first-order valence-electron chi connectivity index (χ1n) is 1.39. The van der Waals surface area contributed by atoms with Crippen molar-refractivity contribution in [2.24, 2.45) is 0 Å². The van der Waals surface area contributed by atoms with Gasteiger partial charge in [-0.2, -0.15) is 0 Å². The molecular weight excluding hydrogens is 261 g/mol. The van der Waals surface area contributed by atoms with Crippen molar-refractivity contribution in [2.45, 2.75) is 0 Å². The SMILES string of the molecule is CN(C)C=O.[Pt]. The third-order valence-electron chi connectivity index (χ3n) is 0.211. The molecule has 0 aromatic carbocycles. The molecule has 0 unspecified atom stereocenters. The molecular formula is C3H7NOPt. The minimum absolute atomic E-state index is 0. The van der Waals surface area contributed by atoms with Gasteiger partial charge in [-0.25, -0.2) is 0 Å².